The third-order valence-electron chi connectivity index (χ3n) is 4.74. The summed E-state index contributed by atoms with van der Waals surface area (Å²) >= 11 is 3.07. The van der Waals surface area contributed by atoms with Gasteiger partial charge in [-0.15, -0.1) is 23.1 Å². The second-order valence-electron chi connectivity index (χ2n) is 6.51. The number of nitrogens with one attached hydrogen (secondary N) is 1. The molecule has 0 saturated heterocycles. The van der Waals surface area contributed by atoms with Gasteiger partial charge in [-0.05, 0) is 24.5 Å². The standard InChI is InChI=1S/C22H19N3O2S2/c1-14-17-5-3-4-6-18(17)21(27)25(14)12-11-20(26)24-22-23-19(13-29-22)15-7-9-16(28-2)10-8-15/h3-10,13H,1,11-12H2,2H3,(H,23,24,26). The Morgan fingerprint density at radius 2 is 1.90 bits per heavy atom. The van der Waals surface area contributed by atoms with E-state index in [2.05, 4.69) is 29.0 Å². The Morgan fingerprint density at radius 3 is 2.59 bits per heavy atom. The van der Waals surface area contributed by atoms with Crippen molar-refractivity contribution in [2.45, 2.75) is 11.3 Å². The van der Waals surface area contributed by atoms with E-state index in [0.29, 0.717) is 16.4 Å². The molecule has 3 aromatic rings. The number of carbonyl (C=O) groups is 2. The molecule has 7 heteroatoms. The minimum Gasteiger partial charge on any atom is -0.308 e. The first-order valence-corrected chi connectivity index (χ1v) is 11.2. The van der Waals surface area contributed by atoms with Crippen LogP contribution in [0.2, 0.25) is 0 Å². The molecule has 1 N–H and O–H groups in total. The van der Waals surface area contributed by atoms with Crippen LogP contribution in [-0.2, 0) is 4.79 Å². The number of amides is 2. The monoisotopic (exact) mass is 421 g/mol. The summed E-state index contributed by atoms with van der Waals surface area (Å²) in [6.45, 7) is 4.28. The lowest BCUT2D eigenvalue weighted by atomic mass is 10.1. The zero-order chi connectivity index (χ0) is 20.4. The van der Waals surface area contributed by atoms with Crippen LogP contribution in [0.15, 0.2) is 65.4 Å². The quantitative estimate of drug-likeness (QED) is 0.570. The number of hydrogen-bond acceptors (Lipinski definition) is 5. The third-order valence-corrected chi connectivity index (χ3v) is 6.24. The fourth-order valence-corrected chi connectivity index (χ4v) is 4.34. The fraction of sp³-hybridized carbons (Fsp3) is 0.136. The summed E-state index contributed by atoms with van der Waals surface area (Å²) in [5.41, 5.74) is 3.95. The molecule has 29 heavy (non-hydrogen) atoms. The Morgan fingerprint density at radius 1 is 1.17 bits per heavy atom. The van der Waals surface area contributed by atoms with Crippen molar-refractivity contribution in [1.82, 2.24) is 9.88 Å². The molecule has 0 fully saturated rings. The number of benzene rings is 2. The Balaban J connectivity index is 1.35. The van der Waals surface area contributed by atoms with Gasteiger partial charge in [-0.3, -0.25) is 9.59 Å². The molecule has 1 aromatic heterocycles. The van der Waals surface area contributed by atoms with Gasteiger partial charge in [0.2, 0.25) is 5.91 Å². The molecule has 0 saturated carbocycles. The number of anilines is 1. The molecule has 1 aliphatic heterocycles. The third kappa shape index (κ3) is 3.97. The normalized spacial score (nSPS) is 12.9. The van der Waals surface area contributed by atoms with Gasteiger partial charge in [0.25, 0.3) is 5.91 Å². The molecule has 0 spiro atoms. The van der Waals surface area contributed by atoms with Crippen molar-refractivity contribution >= 4 is 45.7 Å². The maximum absolute atomic E-state index is 12.5. The fourth-order valence-electron chi connectivity index (χ4n) is 3.19. The van der Waals surface area contributed by atoms with E-state index in [1.54, 1.807) is 22.7 Å². The van der Waals surface area contributed by atoms with E-state index in [4.69, 9.17) is 0 Å². The summed E-state index contributed by atoms with van der Waals surface area (Å²) < 4.78 is 0. The van der Waals surface area contributed by atoms with Gasteiger partial charge in [-0.2, -0.15) is 0 Å². The average Bonchev–Trinajstić information content (AvgIpc) is 3.30. The number of fused-ring (bicyclic) bond motifs is 1. The molecule has 4 rings (SSSR count). The highest BCUT2D eigenvalue weighted by atomic mass is 32.2. The Labute approximate surface area is 177 Å². The lowest BCUT2D eigenvalue weighted by molar-refractivity contribution is -0.116. The van der Waals surface area contributed by atoms with E-state index in [0.717, 1.165) is 16.8 Å². The summed E-state index contributed by atoms with van der Waals surface area (Å²) in [6, 6.07) is 15.5. The van der Waals surface area contributed by atoms with Crippen LogP contribution in [-0.4, -0.2) is 34.5 Å². The second-order valence-corrected chi connectivity index (χ2v) is 8.25. The first-order valence-electron chi connectivity index (χ1n) is 9.07. The molecule has 0 atom stereocenters. The molecule has 1 aliphatic rings. The highest BCUT2D eigenvalue weighted by Gasteiger charge is 2.30. The van der Waals surface area contributed by atoms with Gasteiger partial charge in [0.05, 0.1) is 5.69 Å². The number of hydrogen-bond donors (Lipinski definition) is 1. The van der Waals surface area contributed by atoms with Gasteiger partial charge in [0.1, 0.15) is 0 Å². The van der Waals surface area contributed by atoms with Crippen LogP contribution in [0.1, 0.15) is 22.3 Å². The molecule has 0 radical (unpaired) electrons. The van der Waals surface area contributed by atoms with Crippen LogP contribution in [0.25, 0.3) is 17.0 Å². The Bertz CT molecular complexity index is 1050. The molecule has 2 amide bonds. The summed E-state index contributed by atoms with van der Waals surface area (Å²) in [7, 11) is 0. The molecule has 2 aromatic carbocycles. The van der Waals surface area contributed by atoms with Crippen LogP contribution < -0.4 is 5.32 Å². The predicted molar refractivity (Wildman–Crippen MR) is 119 cm³/mol. The Hall–Kier alpha value is -2.90. The number of rotatable bonds is 6. The molecule has 2 heterocycles. The summed E-state index contributed by atoms with van der Waals surface area (Å²) in [5, 5.41) is 5.30. The van der Waals surface area contributed by atoms with Crippen molar-refractivity contribution in [3.8, 4) is 11.3 Å². The molecule has 0 unspecified atom stereocenters. The van der Waals surface area contributed by atoms with Crippen LogP contribution >= 0.6 is 23.1 Å². The maximum atomic E-state index is 12.5. The first-order chi connectivity index (χ1) is 14.1. The SMILES string of the molecule is C=C1c2ccccc2C(=O)N1CCC(=O)Nc1nc(-c2ccc(SC)cc2)cs1. The minimum absolute atomic E-state index is 0.108. The van der Waals surface area contributed by atoms with E-state index >= 15 is 0 Å². The van der Waals surface area contributed by atoms with Crippen molar-refractivity contribution in [2.24, 2.45) is 0 Å². The van der Waals surface area contributed by atoms with Crippen LogP contribution in [0, 0.1) is 0 Å². The predicted octanol–water partition coefficient (Wildman–Crippen LogP) is 4.99. The van der Waals surface area contributed by atoms with Crippen molar-refractivity contribution in [3.63, 3.8) is 0 Å². The Kier molecular flexibility index (Phi) is 5.51. The van der Waals surface area contributed by atoms with E-state index < -0.39 is 0 Å². The largest absolute Gasteiger partial charge is 0.308 e. The lowest BCUT2D eigenvalue weighted by Crippen LogP contribution is -2.27. The highest BCUT2D eigenvalue weighted by molar-refractivity contribution is 7.98. The lowest BCUT2D eigenvalue weighted by Gasteiger charge is -2.16. The zero-order valence-corrected chi connectivity index (χ0v) is 17.5. The van der Waals surface area contributed by atoms with Gasteiger partial charge in [-0.1, -0.05) is 36.9 Å². The number of thioether (sulfide) groups is 1. The molecular weight excluding hydrogens is 402 g/mol. The van der Waals surface area contributed by atoms with Gasteiger partial charge in [0.15, 0.2) is 5.13 Å². The van der Waals surface area contributed by atoms with Crippen molar-refractivity contribution in [2.75, 3.05) is 18.1 Å². The van der Waals surface area contributed by atoms with Gasteiger partial charge in [0, 0.05) is 45.6 Å². The topological polar surface area (TPSA) is 62.3 Å². The smallest absolute Gasteiger partial charge is 0.258 e. The summed E-state index contributed by atoms with van der Waals surface area (Å²) in [5.74, 6) is -0.288. The van der Waals surface area contributed by atoms with Gasteiger partial charge >= 0.3 is 0 Å². The highest BCUT2D eigenvalue weighted by Crippen LogP contribution is 2.31. The van der Waals surface area contributed by atoms with E-state index in [-0.39, 0.29) is 24.8 Å². The molecule has 5 nitrogen and oxygen atoms in total. The van der Waals surface area contributed by atoms with Crippen molar-refractivity contribution in [3.05, 3.63) is 71.6 Å². The number of aromatic nitrogens is 1. The maximum Gasteiger partial charge on any atom is 0.258 e. The van der Waals surface area contributed by atoms with E-state index in [9.17, 15) is 9.59 Å². The minimum atomic E-state index is -0.180. The average molecular weight is 422 g/mol. The van der Waals surface area contributed by atoms with Crippen molar-refractivity contribution < 1.29 is 9.59 Å². The molecule has 146 valence electrons. The van der Waals surface area contributed by atoms with Crippen LogP contribution in [0.5, 0.6) is 0 Å². The van der Waals surface area contributed by atoms with Crippen LogP contribution in [0.3, 0.4) is 0 Å². The van der Waals surface area contributed by atoms with Gasteiger partial charge < -0.3 is 10.2 Å². The van der Waals surface area contributed by atoms with Crippen molar-refractivity contribution in [1.29, 1.82) is 0 Å². The van der Waals surface area contributed by atoms with Crippen LogP contribution in [0.4, 0.5) is 5.13 Å². The number of nitrogens with zero attached hydrogens (tertiary/aromatic N) is 2. The number of thiazole rings is 1. The number of carbonyl (C=O) groups excluding carboxylic acids is 2. The zero-order valence-electron chi connectivity index (χ0n) is 15.8. The summed E-state index contributed by atoms with van der Waals surface area (Å²) in [4.78, 5) is 32.1. The second kappa shape index (κ2) is 8.23. The van der Waals surface area contributed by atoms with Gasteiger partial charge in [-0.25, -0.2) is 4.98 Å². The molecule has 0 bridgehead atoms. The summed E-state index contributed by atoms with van der Waals surface area (Å²) in [6.07, 6.45) is 2.21. The van der Waals surface area contributed by atoms with E-state index in [1.165, 1.54) is 16.2 Å². The van der Waals surface area contributed by atoms with E-state index in [1.807, 2.05) is 42.0 Å². The first kappa shape index (κ1) is 19.4. The molecular formula is C22H19N3O2S2. The molecule has 0 aliphatic carbocycles.